The summed E-state index contributed by atoms with van der Waals surface area (Å²) in [6.07, 6.45) is 2.04. The van der Waals surface area contributed by atoms with Crippen molar-refractivity contribution in [2.75, 3.05) is 19.7 Å². The van der Waals surface area contributed by atoms with E-state index in [2.05, 4.69) is 10.6 Å². The van der Waals surface area contributed by atoms with Gasteiger partial charge in [-0.1, -0.05) is 0 Å². The summed E-state index contributed by atoms with van der Waals surface area (Å²) in [5.41, 5.74) is 0. The van der Waals surface area contributed by atoms with Gasteiger partial charge in [-0.15, -0.1) is 0 Å². The van der Waals surface area contributed by atoms with Gasteiger partial charge < -0.3 is 15.4 Å². The Morgan fingerprint density at radius 1 is 1.33 bits per heavy atom. The Balaban J connectivity index is 1.86. The average Bonchev–Trinajstić information content (AvgIpc) is 2.54. The van der Waals surface area contributed by atoms with Gasteiger partial charge in [0.15, 0.2) is 0 Å². The van der Waals surface area contributed by atoms with Crippen molar-refractivity contribution in [2.24, 2.45) is 5.92 Å². The van der Waals surface area contributed by atoms with Crippen LogP contribution in [0.4, 0.5) is 4.79 Å². The quantitative estimate of drug-likeness (QED) is 0.586. The Morgan fingerprint density at radius 2 is 2.08 bits per heavy atom. The number of rotatable bonds is 1. The molecule has 1 amide bonds. The van der Waals surface area contributed by atoms with E-state index in [0.29, 0.717) is 12.5 Å². The van der Waals surface area contributed by atoms with Crippen molar-refractivity contribution >= 4 is 6.09 Å². The normalized spacial score (nSPS) is 31.3. The number of nitrogens with one attached hydrogen (secondary N) is 2. The molecule has 12 heavy (non-hydrogen) atoms. The van der Waals surface area contributed by atoms with Crippen molar-refractivity contribution < 1.29 is 9.53 Å². The van der Waals surface area contributed by atoms with Gasteiger partial charge in [0.2, 0.25) is 0 Å². The first-order valence-corrected chi connectivity index (χ1v) is 4.50. The van der Waals surface area contributed by atoms with Gasteiger partial charge in [0, 0.05) is 0 Å². The van der Waals surface area contributed by atoms with Crippen LogP contribution < -0.4 is 10.6 Å². The van der Waals surface area contributed by atoms with Crippen LogP contribution in [0.25, 0.3) is 0 Å². The SMILES string of the molecule is O=C1NC(C2CCNCC2)CO1. The maximum Gasteiger partial charge on any atom is 0.407 e. The minimum atomic E-state index is -0.251. The molecule has 0 aromatic carbocycles. The standard InChI is InChI=1S/C8H14N2O2/c11-8-10-7(5-12-8)6-1-3-9-4-2-6/h6-7,9H,1-5H2,(H,10,11). The van der Waals surface area contributed by atoms with Gasteiger partial charge in [-0.3, -0.25) is 0 Å². The summed E-state index contributed by atoms with van der Waals surface area (Å²) in [6, 6.07) is 0.264. The van der Waals surface area contributed by atoms with Crippen molar-refractivity contribution in [2.45, 2.75) is 18.9 Å². The molecule has 0 aliphatic carbocycles. The maximum absolute atomic E-state index is 10.7. The Labute approximate surface area is 71.7 Å². The first kappa shape index (κ1) is 7.86. The molecule has 0 spiro atoms. The number of cyclic esters (lactones) is 1. The molecule has 0 saturated carbocycles. The molecule has 2 rings (SSSR count). The molecule has 2 aliphatic rings. The van der Waals surface area contributed by atoms with E-state index in [0.717, 1.165) is 25.9 Å². The minimum absolute atomic E-state index is 0.251. The molecule has 4 heteroatoms. The lowest BCUT2D eigenvalue weighted by molar-refractivity contribution is 0.173. The van der Waals surface area contributed by atoms with Gasteiger partial charge in [-0.05, 0) is 31.8 Å². The van der Waals surface area contributed by atoms with E-state index in [4.69, 9.17) is 4.74 Å². The molecule has 0 radical (unpaired) electrons. The number of hydrogen-bond donors (Lipinski definition) is 2. The number of piperidine rings is 1. The summed E-state index contributed by atoms with van der Waals surface area (Å²) in [7, 11) is 0. The van der Waals surface area contributed by atoms with E-state index in [1.54, 1.807) is 0 Å². The molecule has 1 unspecified atom stereocenters. The fourth-order valence-electron chi connectivity index (χ4n) is 1.90. The molecule has 1 atom stereocenters. The van der Waals surface area contributed by atoms with Crippen molar-refractivity contribution in [1.82, 2.24) is 10.6 Å². The first-order valence-electron chi connectivity index (χ1n) is 4.50. The predicted molar refractivity (Wildman–Crippen MR) is 43.9 cm³/mol. The number of ether oxygens (including phenoxy) is 1. The lowest BCUT2D eigenvalue weighted by Crippen LogP contribution is -2.40. The van der Waals surface area contributed by atoms with E-state index >= 15 is 0 Å². The molecule has 0 aromatic heterocycles. The topological polar surface area (TPSA) is 50.4 Å². The summed E-state index contributed by atoms with van der Waals surface area (Å²) in [4.78, 5) is 10.7. The molecule has 4 nitrogen and oxygen atoms in total. The molecule has 2 N–H and O–H groups in total. The van der Waals surface area contributed by atoms with E-state index in [-0.39, 0.29) is 12.1 Å². The molecular formula is C8H14N2O2. The Kier molecular flexibility index (Phi) is 2.17. The van der Waals surface area contributed by atoms with Gasteiger partial charge in [0.05, 0.1) is 6.04 Å². The van der Waals surface area contributed by atoms with Gasteiger partial charge >= 0.3 is 6.09 Å². The predicted octanol–water partition coefficient (Wildman–Crippen LogP) is 0.0944. The largest absolute Gasteiger partial charge is 0.447 e. The van der Waals surface area contributed by atoms with Crippen molar-refractivity contribution in [3.05, 3.63) is 0 Å². The van der Waals surface area contributed by atoms with Crippen LogP contribution in [0.15, 0.2) is 0 Å². The third-order valence-corrected chi connectivity index (χ3v) is 2.65. The summed E-state index contributed by atoms with van der Waals surface area (Å²) in [5.74, 6) is 0.609. The third kappa shape index (κ3) is 1.53. The number of carbonyl (C=O) groups excluding carboxylic acids is 1. The Morgan fingerprint density at radius 3 is 2.67 bits per heavy atom. The zero-order valence-electron chi connectivity index (χ0n) is 7.01. The average molecular weight is 170 g/mol. The second kappa shape index (κ2) is 3.31. The first-order chi connectivity index (χ1) is 5.86. The summed E-state index contributed by atoms with van der Waals surface area (Å²) < 4.78 is 4.85. The number of alkyl carbamates (subject to hydrolysis) is 1. The van der Waals surface area contributed by atoms with Crippen LogP contribution in [0.5, 0.6) is 0 Å². The van der Waals surface area contributed by atoms with Crippen molar-refractivity contribution in [1.29, 1.82) is 0 Å². The molecule has 2 fully saturated rings. The zero-order chi connectivity index (χ0) is 8.39. The van der Waals surface area contributed by atoms with Gasteiger partial charge in [0.25, 0.3) is 0 Å². The van der Waals surface area contributed by atoms with E-state index in [1.165, 1.54) is 0 Å². The maximum atomic E-state index is 10.7. The summed E-state index contributed by atoms with van der Waals surface area (Å²) in [5, 5.41) is 6.13. The van der Waals surface area contributed by atoms with E-state index in [1.807, 2.05) is 0 Å². The summed E-state index contributed by atoms with van der Waals surface area (Å²) >= 11 is 0. The smallest absolute Gasteiger partial charge is 0.407 e. The summed E-state index contributed by atoms with van der Waals surface area (Å²) in [6.45, 7) is 2.69. The molecule has 2 heterocycles. The molecule has 2 aliphatic heterocycles. The highest BCUT2D eigenvalue weighted by Gasteiger charge is 2.30. The highest BCUT2D eigenvalue weighted by atomic mass is 16.6. The van der Waals surface area contributed by atoms with Crippen LogP contribution in [0.1, 0.15) is 12.8 Å². The second-order valence-corrected chi connectivity index (χ2v) is 3.44. The number of hydrogen-bond acceptors (Lipinski definition) is 3. The van der Waals surface area contributed by atoms with Crippen LogP contribution >= 0.6 is 0 Å². The van der Waals surface area contributed by atoms with Gasteiger partial charge in [0.1, 0.15) is 6.61 Å². The highest BCUT2D eigenvalue weighted by Crippen LogP contribution is 2.19. The number of amides is 1. The minimum Gasteiger partial charge on any atom is -0.447 e. The number of carbonyl (C=O) groups is 1. The second-order valence-electron chi connectivity index (χ2n) is 3.44. The van der Waals surface area contributed by atoms with Crippen LogP contribution in [-0.2, 0) is 4.74 Å². The third-order valence-electron chi connectivity index (χ3n) is 2.65. The lowest BCUT2D eigenvalue weighted by Gasteiger charge is -2.26. The zero-order valence-corrected chi connectivity index (χ0v) is 7.01. The Hall–Kier alpha value is -0.770. The van der Waals surface area contributed by atoms with Crippen molar-refractivity contribution in [3.8, 4) is 0 Å². The molecular weight excluding hydrogens is 156 g/mol. The monoisotopic (exact) mass is 170 g/mol. The van der Waals surface area contributed by atoms with E-state index < -0.39 is 0 Å². The van der Waals surface area contributed by atoms with Gasteiger partial charge in [-0.2, -0.15) is 0 Å². The van der Waals surface area contributed by atoms with Crippen LogP contribution in [-0.4, -0.2) is 31.8 Å². The van der Waals surface area contributed by atoms with Crippen molar-refractivity contribution in [3.63, 3.8) is 0 Å². The molecule has 0 bridgehead atoms. The molecule has 2 saturated heterocycles. The van der Waals surface area contributed by atoms with Crippen LogP contribution in [0.3, 0.4) is 0 Å². The fourth-order valence-corrected chi connectivity index (χ4v) is 1.90. The highest BCUT2D eigenvalue weighted by molar-refractivity contribution is 5.69. The molecule has 68 valence electrons. The lowest BCUT2D eigenvalue weighted by atomic mass is 9.91. The van der Waals surface area contributed by atoms with Crippen LogP contribution in [0.2, 0.25) is 0 Å². The van der Waals surface area contributed by atoms with Crippen LogP contribution in [0, 0.1) is 5.92 Å². The fraction of sp³-hybridized carbons (Fsp3) is 0.875. The Bertz CT molecular complexity index is 178. The van der Waals surface area contributed by atoms with Gasteiger partial charge in [-0.25, -0.2) is 4.79 Å². The van der Waals surface area contributed by atoms with E-state index in [9.17, 15) is 4.79 Å². The molecule has 0 aromatic rings.